The number of alkyl halides is 3. The molecule has 0 unspecified atom stereocenters. The fourth-order valence-electron chi connectivity index (χ4n) is 1.04. The van der Waals surface area contributed by atoms with Gasteiger partial charge in [-0.2, -0.15) is 13.2 Å². The van der Waals surface area contributed by atoms with Crippen LogP contribution in [0, 0.1) is 0 Å². The molecule has 1 aromatic carbocycles. The number of hydrogen-bond donors (Lipinski definition) is 0. The van der Waals surface area contributed by atoms with Gasteiger partial charge in [-0.15, -0.1) is 0 Å². The predicted molar refractivity (Wildman–Crippen MR) is 52.8 cm³/mol. The average Bonchev–Trinajstić information content (AvgIpc) is 2.15. The quantitative estimate of drug-likeness (QED) is 0.588. The van der Waals surface area contributed by atoms with Gasteiger partial charge in [0.1, 0.15) is 12.2 Å². The fourth-order valence-corrected chi connectivity index (χ4v) is 1.04. The third kappa shape index (κ3) is 4.16. The van der Waals surface area contributed by atoms with Crippen molar-refractivity contribution >= 4 is 12.0 Å². The summed E-state index contributed by atoms with van der Waals surface area (Å²) in [7, 11) is 0. The van der Waals surface area contributed by atoms with Crippen LogP contribution in [0.4, 0.5) is 13.2 Å². The summed E-state index contributed by atoms with van der Waals surface area (Å²) < 4.78 is 40.0. The molecule has 0 amide bonds. The van der Waals surface area contributed by atoms with E-state index in [0.717, 1.165) is 0 Å². The van der Waals surface area contributed by atoms with E-state index in [1.54, 1.807) is 12.1 Å². The molecule has 16 heavy (non-hydrogen) atoms. The Labute approximate surface area is 90.3 Å². The van der Waals surface area contributed by atoms with Crippen LogP contribution in [0.2, 0.25) is 0 Å². The van der Waals surface area contributed by atoms with Crippen molar-refractivity contribution < 1.29 is 22.7 Å². The Balaban J connectivity index is 2.66. The zero-order valence-electron chi connectivity index (χ0n) is 8.25. The van der Waals surface area contributed by atoms with Crippen molar-refractivity contribution in [2.24, 2.45) is 0 Å². The van der Waals surface area contributed by atoms with E-state index in [-0.39, 0.29) is 5.75 Å². The average molecular weight is 230 g/mol. The minimum atomic E-state index is -4.55. The molecule has 2 nitrogen and oxygen atoms in total. The van der Waals surface area contributed by atoms with Gasteiger partial charge in [0.25, 0.3) is 0 Å². The van der Waals surface area contributed by atoms with Crippen molar-refractivity contribution in [3.8, 4) is 5.75 Å². The van der Waals surface area contributed by atoms with E-state index < -0.39 is 18.6 Å². The molecule has 1 aromatic rings. The van der Waals surface area contributed by atoms with E-state index in [0.29, 0.717) is 5.56 Å². The molecular formula is C11H9F3O2. The van der Waals surface area contributed by atoms with Crippen LogP contribution in [-0.2, 0) is 4.79 Å². The Morgan fingerprint density at radius 3 is 2.69 bits per heavy atom. The molecule has 0 spiro atoms. The summed E-state index contributed by atoms with van der Waals surface area (Å²) in [4.78, 5) is 10.9. The summed E-state index contributed by atoms with van der Waals surface area (Å²) in [6, 6.07) is 6.09. The van der Waals surface area contributed by atoms with E-state index in [4.69, 9.17) is 0 Å². The standard InChI is InChI=1S/C11H9F3O2/c1-2-8-4-3-5-9(6-8)16-10(15)7-11(12,13)14/h2-6H,1,7H2. The molecule has 5 heteroatoms. The number of hydrogen-bond acceptors (Lipinski definition) is 2. The molecule has 0 saturated carbocycles. The zero-order valence-corrected chi connectivity index (χ0v) is 8.25. The second-order valence-corrected chi connectivity index (χ2v) is 3.04. The minimum Gasteiger partial charge on any atom is -0.426 e. The van der Waals surface area contributed by atoms with E-state index in [9.17, 15) is 18.0 Å². The van der Waals surface area contributed by atoms with Crippen molar-refractivity contribution in [2.45, 2.75) is 12.6 Å². The smallest absolute Gasteiger partial charge is 0.399 e. The highest BCUT2D eigenvalue weighted by atomic mass is 19.4. The maximum Gasteiger partial charge on any atom is 0.399 e. The maximum absolute atomic E-state index is 11.8. The van der Waals surface area contributed by atoms with Crippen molar-refractivity contribution in [3.63, 3.8) is 0 Å². The molecule has 0 aliphatic rings. The molecule has 0 heterocycles. The number of carbonyl (C=O) groups excluding carboxylic acids is 1. The van der Waals surface area contributed by atoms with Crippen LogP contribution in [0.3, 0.4) is 0 Å². The Morgan fingerprint density at radius 1 is 1.44 bits per heavy atom. The first kappa shape index (κ1) is 12.3. The molecule has 0 radical (unpaired) electrons. The summed E-state index contributed by atoms with van der Waals surface area (Å²) in [5, 5.41) is 0. The second-order valence-electron chi connectivity index (χ2n) is 3.04. The molecule has 1 rings (SSSR count). The third-order valence-electron chi connectivity index (χ3n) is 1.67. The van der Waals surface area contributed by atoms with E-state index in [2.05, 4.69) is 11.3 Å². The first-order chi connectivity index (χ1) is 7.40. The molecular weight excluding hydrogens is 221 g/mol. The molecule has 0 aliphatic heterocycles. The van der Waals surface area contributed by atoms with Gasteiger partial charge in [0.05, 0.1) is 0 Å². The van der Waals surface area contributed by atoms with E-state index >= 15 is 0 Å². The van der Waals surface area contributed by atoms with Crippen molar-refractivity contribution in [2.75, 3.05) is 0 Å². The largest absolute Gasteiger partial charge is 0.426 e. The molecule has 0 fully saturated rings. The molecule has 0 N–H and O–H groups in total. The second kappa shape index (κ2) is 4.83. The van der Waals surface area contributed by atoms with Gasteiger partial charge in [0.15, 0.2) is 0 Å². The third-order valence-corrected chi connectivity index (χ3v) is 1.67. The molecule has 0 saturated heterocycles. The monoisotopic (exact) mass is 230 g/mol. The number of ether oxygens (including phenoxy) is 1. The van der Waals surface area contributed by atoms with Gasteiger partial charge < -0.3 is 4.74 Å². The Kier molecular flexibility index (Phi) is 3.71. The van der Waals surface area contributed by atoms with Crippen LogP contribution in [0.1, 0.15) is 12.0 Å². The summed E-state index contributed by atoms with van der Waals surface area (Å²) in [6.45, 7) is 3.49. The van der Waals surface area contributed by atoms with Crippen LogP contribution in [0.25, 0.3) is 6.08 Å². The predicted octanol–water partition coefficient (Wildman–Crippen LogP) is 3.19. The lowest BCUT2D eigenvalue weighted by Crippen LogP contribution is -2.19. The van der Waals surface area contributed by atoms with Crippen LogP contribution < -0.4 is 4.74 Å². The van der Waals surface area contributed by atoms with Crippen LogP contribution in [0.5, 0.6) is 5.75 Å². The topological polar surface area (TPSA) is 26.3 Å². The number of halogens is 3. The Bertz CT molecular complexity index is 396. The van der Waals surface area contributed by atoms with Gasteiger partial charge in [0.2, 0.25) is 0 Å². The number of carbonyl (C=O) groups is 1. The van der Waals surface area contributed by atoms with E-state index in [1.807, 2.05) is 0 Å². The molecule has 0 atom stereocenters. The zero-order chi connectivity index (χ0) is 12.2. The molecule has 0 bridgehead atoms. The molecule has 86 valence electrons. The first-order valence-electron chi connectivity index (χ1n) is 4.40. The normalized spacial score (nSPS) is 10.9. The summed E-state index contributed by atoms with van der Waals surface area (Å²) >= 11 is 0. The Hall–Kier alpha value is -1.78. The molecule has 0 aliphatic carbocycles. The lowest BCUT2D eigenvalue weighted by atomic mass is 10.2. The first-order valence-corrected chi connectivity index (χ1v) is 4.40. The van der Waals surface area contributed by atoms with Crippen LogP contribution >= 0.6 is 0 Å². The van der Waals surface area contributed by atoms with Crippen molar-refractivity contribution in [3.05, 3.63) is 36.4 Å². The van der Waals surface area contributed by atoms with Crippen molar-refractivity contribution in [1.82, 2.24) is 0 Å². The van der Waals surface area contributed by atoms with Gasteiger partial charge in [-0.05, 0) is 17.7 Å². The summed E-state index contributed by atoms with van der Waals surface area (Å²) in [6.07, 6.45) is -4.64. The van der Waals surface area contributed by atoms with Crippen LogP contribution in [0.15, 0.2) is 30.8 Å². The molecule has 0 aromatic heterocycles. The Morgan fingerprint density at radius 2 is 2.12 bits per heavy atom. The van der Waals surface area contributed by atoms with Crippen molar-refractivity contribution in [1.29, 1.82) is 0 Å². The summed E-state index contributed by atoms with van der Waals surface area (Å²) in [5.41, 5.74) is 0.664. The van der Waals surface area contributed by atoms with Gasteiger partial charge in [0, 0.05) is 0 Å². The van der Waals surface area contributed by atoms with E-state index in [1.165, 1.54) is 18.2 Å². The number of rotatable bonds is 3. The minimum absolute atomic E-state index is 0.0756. The number of benzene rings is 1. The van der Waals surface area contributed by atoms with Gasteiger partial charge in [-0.3, -0.25) is 4.79 Å². The highest BCUT2D eigenvalue weighted by molar-refractivity contribution is 5.73. The lowest BCUT2D eigenvalue weighted by Gasteiger charge is -2.07. The maximum atomic E-state index is 11.8. The SMILES string of the molecule is C=Cc1cccc(OC(=O)CC(F)(F)F)c1. The highest BCUT2D eigenvalue weighted by Gasteiger charge is 2.32. The van der Waals surface area contributed by atoms with Crippen LogP contribution in [-0.4, -0.2) is 12.1 Å². The fraction of sp³-hybridized carbons (Fsp3) is 0.182. The lowest BCUT2D eigenvalue weighted by molar-refractivity contribution is -0.163. The summed E-state index contributed by atoms with van der Waals surface area (Å²) in [5.74, 6) is -1.25. The van der Waals surface area contributed by atoms with Gasteiger partial charge in [-0.25, -0.2) is 0 Å². The van der Waals surface area contributed by atoms with Gasteiger partial charge in [-0.1, -0.05) is 24.8 Å². The van der Waals surface area contributed by atoms with Gasteiger partial charge >= 0.3 is 12.1 Å². The highest BCUT2D eigenvalue weighted by Crippen LogP contribution is 2.21. The number of esters is 1.